The number of aliphatic hydroxyl groups is 1. The van der Waals surface area contributed by atoms with Gasteiger partial charge in [-0.05, 0) is 48.5 Å². The molecule has 1 unspecified atom stereocenters. The molecule has 8 N–H and O–H groups in total. The molecule has 0 aliphatic rings. The van der Waals surface area contributed by atoms with Gasteiger partial charge in [0, 0.05) is 66.2 Å². The molecule has 0 saturated carbocycles. The first-order valence-corrected chi connectivity index (χ1v) is 14.1. The average Bonchev–Trinajstić information content (AvgIpc) is 3.57. The Bertz CT molecular complexity index is 1170. The highest BCUT2D eigenvalue weighted by Gasteiger charge is 2.16. The number of aromatic amines is 5. The number of aliphatic carboxylic acids is 1. The fourth-order valence-electron chi connectivity index (χ4n) is 3.91. The van der Waals surface area contributed by atoms with Crippen molar-refractivity contribution < 1.29 is 34.5 Å². The summed E-state index contributed by atoms with van der Waals surface area (Å²) in [4.78, 5) is 26.9. The van der Waals surface area contributed by atoms with E-state index in [1.165, 1.54) is 33.6 Å². The van der Waals surface area contributed by atoms with Crippen molar-refractivity contribution in [2.24, 2.45) is 0 Å². The molecule has 0 radical (unpaired) electrons. The van der Waals surface area contributed by atoms with E-state index in [9.17, 15) is 14.3 Å². The van der Waals surface area contributed by atoms with Crippen LogP contribution in [-0.2, 0) is 22.2 Å². The van der Waals surface area contributed by atoms with E-state index in [0.29, 0.717) is 0 Å². The van der Waals surface area contributed by atoms with E-state index < -0.39 is 19.7 Å². The van der Waals surface area contributed by atoms with Gasteiger partial charge >= 0.3 is 5.97 Å². The van der Waals surface area contributed by atoms with Gasteiger partial charge in [-0.1, -0.05) is 0 Å². The molecule has 0 bridgehead atoms. The van der Waals surface area contributed by atoms with E-state index in [-0.39, 0.29) is 0 Å². The number of H-pyrrole nitrogens is 5. The normalized spacial score (nSPS) is 11.8. The highest BCUT2D eigenvalue weighted by molar-refractivity contribution is 7.51. The van der Waals surface area contributed by atoms with Gasteiger partial charge in [0.15, 0.2) is 0 Å². The number of nitrogens with one attached hydrogen (secondary N) is 5. The Morgan fingerprint density at radius 3 is 1.30 bits per heavy atom. The zero-order valence-corrected chi connectivity index (χ0v) is 25.4. The summed E-state index contributed by atoms with van der Waals surface area (Å²) in [6.45, 7) is 16.5. The van der Waals surface area contributed by atoms with Gasteiger partial charge in [0.2, 0.25) is 5.69 Å². The van der Waals surface area contributed by atoms with Crippen molar-refractivity contribution in [1.29, 1.82) is 0 Å². The molecule has 4 heterocycles. The topological polar surface area (TPSA) is 234 Å². The summed E-state index contributed by atoms with van der Waals surface area (Å²) in [6, 6.07) is 0. The van der Waals surface area contributed by atoms with Crippen molar-refractivity contribution in [1.82, 2.24) is 35.7 Å². The number of aliphatic hydroxyl groups excluding tert-OH is 1. The van der Waals surface area contributed by atoms with Crippen LogP contribution in [0, 0.1) is 55.4 Å². The maximum Gasteiger partial charge on any atom is 0.311 e. The number of nitrogens with zero attached hydrogens (tertiary/aromatic N) is 3. The average molecular weight is 581 g/mol. The maximum atomic E-state index is 9.64. The van der Waals surface area contributed by atoms with Crippen LogP contribution in [0.4, 0.5) is 0 Å². The highest BCUT2D eigenvalue weighted by atomic mass is 31.2. The lowest BCUT2D eigenvalue weighted by Gasteiger charge is -2.10. The minimum absolute atomic E-state index is 0.905. The van der Waals surface area contributed by atoms with Gasteiger partial charge in [0.1, 0.15) is 13.8 Å². The number of carboxylic acids is 1. The summed E-state index contributed by atoms with van der Waals surface area (Å²) in [6.07, 6.45) is 0.640. The lowest BCUT2D eigenvalue weighted by atomic mass is 10.0. The number of rotatable bonds is 6. The Morgan fingerprint density at radius 1 is 0.750 bits per heavy atom. The summed E-state index contributed by atoms with van der Waals surface area (Å²) in [5.74, 6) is -1.55. The van der Waals surface area contributed by atoms with E-state index in [1.807, 2.05) is 20.8 Å². The first kappa shape index (κ1) is 34.4. The van der Waals surface area contributed by atoms with E-state index in [1.54, 1.807) is 0 Å². The van der Waals surface area contributed by atoms with Crippen molar-refractivity contribution in [3.8, 4) is 0 Å². The number of hydrogen-bond acceptors (Lipinski definition) is 7. The van der Waals surface area contributed by atoms with Gasteiger partial charge in [0.25, 0.3) is 0 Å². The van der Waals surface area contributed by atoms with Gasteiger partial charge in [0.05, 0.1) is 22.8 Å². The molecular formula is C25H41N8O6P. The molecule has 4 aromatic heterocycles. The first-order chi connectivity index (χ1) is 18.6. The predicted molar refractivity (Wildman–Crippen MR) is 147 cm³/mol. The zero-order chi connectivity index (χ0) is 30.8. The molecule has 1 atom stereocenters. The molecule has 4 aromatic rings. The summed E-state index contributed by atoms with van der Waals surface area (Å²) < 4.78 is 9.64. The third-order valence-electron chi connectivity index (χ3n) is 6.23. The molecule has 0 aromatic carbocycles. The van der Waals surface area contributed by atoms with E-state index >= 15 is 0 Å². The van der Waals surface area contributed by atoms with Crippen LogP contribution < -0.4 is 9.99 Å². The molecule has 0 spiro atoms. The molecule has 40 heavy (non-hydrogen) atoms. The maximum absolute atomic E-state index is 9.64. The smallest absolute Gasteiger partial charge is 0.311 e. The third-order valence-corrected chi connectivity index (χ3v) is 6.90. The lowest BCUT2D eigenvalue weighted by molar-refractivity contribution is -0.458. The first-order valence-electron chi connectivity index (χ1n) is 12.4. The van der Waals surface area contributed by atoms with E-state index in [4.69, 9.17) is 15.1 Å². The van der Waals surface area contributed by atoms with Gasteiger partial charge in [-0.15, -0.1) is 5.10 Å². The SMILES string of the molecule is CO.Cc1n[nH]c(C)c1Cc1c(C)[nH][nH+]c1C.Cc1n[nH]c(C)c1Cc1c(C)n[nH]c1C.O=C(O)CP(=O)([O-])O. The van der Waals surface area contributed by atoms with Gasteiger partial charge in [-0.25, -0.2) is 0 Å². The fraction of sp³-hybridized carbons (Fsp3) is 0.480. The van der Waals surface area contributed by atoms with Gasteiger partial charge in [-0.3, -0.25) is 20.1 Å². The second-order valence-electron chi connectivity index (χ2n) is 9.26. The fourth-order valence-corrected chi connectivity index (χ4v) is 4.25. The molecule has 0 aliphatic heterocycles. The van der Waals surface area contributed by atoms with Gasteiger partial charge in [-0.2, -0.15) is 20.4 Å². The van der Waals surface area contributed by atoms with Gasteiger partial charge < -0.3 is 24.6 Å². The Kier molecular flexibility index (Phi) is 13.2. The molecule has 0 saturated heterocycles. The van der Waals surface area contributed by atoms with Crippen LogP contribution in [0.2, 0.25) is 0 Å². The van der Waals surface area contributed by atoms with Crippen molar-refractivity contribution in [3.05, 3.63) is 67.8 Å². The van der Waals surface area contributed by atoms with Crippen LogP contribution in [0.25, 0.3) is 0 Å². The van der Waals surface area contributed by atoms with Crippen LogP contribution in [0.3, 0.4) is 0 Å². The Hall–Kier alpha value is -3.58. The number of hydrogen-bond donors (Lipinski definition) is 7. The number of aryl methyl sites for hydroxylation is 8. The van der Waals surface area contributed by atoms with E-state index in [2.05, 4.69) is 75.4 Å². The summed E-state index contributed by atoms with van der Waals surface area (Å²) in [7, 11) is -3.57. The van der Waals surface area contributed by atoms with Crippen molar-refractivity contribution in [2.75, 3.05) is 13.3 Å². The minimum Gasteiger partial charge on any atom is -0.778 e. The molecule has 4 rings (SSSR count). The second-order valence-corrected chi connectivity index (χ2v) is 10.9. The molecule has 0 amide bonds. The molecule has 0 aliphatic carbocycles. The van der Waals surface area contributed by atoms with Crippen LogP contribution in [0.15, 0.2) is 0 Å². The van der Waals surface area contributed by atoms with Crippen LogP contribution in [0.1, 0.15) is 67.8 Å². The predicted octanol–water partition coefficient (Wildman–Crippen LogP) is 1.56. The molecule has 0 fully saturated rings. The molecular weight excluding hydrogens is 539 g/mol. The minimum atomic E-state index is -4.57. The second kappa shape index (κ2) is 15.3. The monoisotopic (exact) mass is 580 g/mol. The summed E-state index contributed by atoms with van der Waals surface area (Å²) in [5.41, 5.74) is 14.3. The molecule has 222 valence electrons. The molecule has 15 heteroatoms. The largest absolute Gasteiger partial charge is 0.778 e. The summed E-state index contributed by atoms with van der Waals surface area (Å²) in [5, 5.41) is 42.6. The van der Waals surface area contributed by atoms with Crippen molar-refractivity contribution in [3.63, 3.8) is 0 Å². The number of carboxylic acid groups (broad SMARTS) is 1. The van der Waals surface area contributed by atoms with Crippen molar-refractivity contribution >= 4 is 13.6 Å². The highest BCUT2D eigenvalue weighted by Crippen LogP contribution is 2.27. The zero-order valence-electron chi connectivity index (χ0n) is 24.5. The Labute approximate surface area is 233 Å². The van der Waals surface area contributed by atoms with Crippen LogP contribution in [0.5, 0.6) is 0 Å². The quantitative estimate of drug-likeness (QED) is 0.164. The van der Waals surface area contributed by atoms with Crippen LogP contribution >= 0.6 is 7.60 Å². The van der Waals surface area contributed by atoms with Crippen molar-refractivity contribution in [2.45, 2.75) is 68.2 Å². The van der Waals surface area contributed by atoms with E-state index in [0.717, 1.165) is 54.1 Å². The Morgan fingerprint density at radius 2 is 1.10 bits per heavy atom. The lowest BCUT2D eigenvalue weighted by Crippen LogP contribution is -2.11. The molecule has 14 nitrogen and oxygen atoms in total. The van der Waals surface area contributed by atoms with Crippen LogP contribution in [-0.4, -0.2) is 70.0 Å². The number of aromatic nitrogens is 8. The summed E-state index contributed by atoms with van der Waals surface area (Å²) >= 11 is 0. The standard InChI is InChI=1S/2C11H16N4.C2H5O5P.CH4O/c2*1-6-10(7(2)13-12-6)5-11-8(3)14-15-9(11)4;3-2(4)1-8(5,6)7;1-2/h2*5H2,1-4H3,(H,12,13)(H,14,15);1H2,(H,3,4)(H2,5,6,7);2H,1H3. The third kappa shape index (κ3) is 10.2. The Balaban J connectivity index is 0.000000305. The number of carbonyl (C=O) groups is 1.